The molecule has 2 aromatic rings. The van der Waals surface area contributed by atoms with E-state index in [-0.39, 0.29) is 18.5 Å². The lowest BCUT2D eigenvalue weighted by Crippen LogP contribution is -2.26. The van der Waals surface area contributed by atoms with Crippen molar-refractivity contribution >= 4 is 29.5 Å². The molecule has 1 amide bonds. The molecule has 0 fully saturated rings. The summed E-state index contributed by atoms with van der Waals surface area (Å²) < 4.78 is 10.3. The summed E-state index contributed by atoms with van der Waals surface area (Å²) in [5, 5.41) is 2.37. The van der Waals surface area contributed by atoms with Crippen molar-refractivity contribution in [1.29, 1.82) is 0 Å². The summed E-state index contributed by atoms with van der Waals surface area (Å²) in [6.07, 6.45) is 0. The highest BCUT2D eigenvalue weighted by molar-refractivity contribution is 5.91. The summed E-state index contributed by atoms with van der Waals surface area (Å²) in [7, 11) is 1.46. The standard InChI is InChI=1S/C20H22N4O5/c1-12(18(26)28-11-17(25)23-2)13-5-9-16(10-6-13)29-19(27)14-3-7-15(8-4-14)24-20(21)22/h3-10,12H,11H2,1-2H3,(H,23,25)(H4,21,22,24)/t12-/m0/s1. The number of hydrogen-bond donors (Lipinski definition) is 3. The van der Waals surface area contributed by atoms with E-state index in [9.17, 15) is 14.4 Å². The fourth-order valence-electron chi connectivity index (χ4n) is 2.28. The van der Waals surface area contributed by atoms with Gasteiger partial charge in [-0.25, -0.2) is 9.79 Å². The van der Waals surface area contributed by atoms with Gasteiger partial charge in [0.2, 0.25) is 0 Å². The number of ether oxygens (including phenoxy) is 2. The van der Waals surface area contributed by atoms with Crippen LogP contribution in [0.5, 0.6) is 5.75 Å². The highest BCUT2D eigenvalue weighted by atomic mass is 16.5. The summed E-state index contributed by atoms with van der Waals surface area (Å²) >= 11 is 0. The lowest BCUT2D eigenvalue weighted by molar-refractivity contribution is -0.149. The van der Waals surface area contributed by atoms with Crippen LogP contribution in [0.3, 0.4) is 0 Å². The molecule has 0 aliphatic heterocycles. The topological polar surface area (TPSA) is 146 Å². The minimum Gasteiger partial charge on any atom is -0.455 e. The first-order valence-electron chi connectivity index (χ1n) is 8.69. The van der Waals surface area contributed by atoms with Crippen LogP contribution in [-0.4, -0.2) is 37.5 Å². The number of likely N-dealkylation sites (N-methyl/N-ethyl adjacent to an activating group) is 1. The molecular formula is C20H22N4O5. The molecule has 0 bridgehead atoms. The molecule has 0 saturated carbocycles. The van der Waals surface area contributed by atoms with E-state index in [1.807, 2.05) is 0 Å². The van der Waals surface area contributed by atoms with Gasteiger partial charge in [0.05, 0.1) is 17.2 Å². The SMILES string of the molecule is CNC(=O)COC(=O)[C@@H](C)c1ccc(OC(=O)c2ccc(N=C(N)N)cc2)cc1. The van der Waals surface area contributed by atoms with Crippen molar-refractivity contribution < 1.29 is 23.9 Å². The van der Waals surface area contributed by atoms with Crippen molar-refractivity contribution in [2.75, 3.05) is 13.7 Å². The van der Waals surface area contributed by atoms with Crippen LogP contribution >= 0.6 is 0 Å². The number of rotatable bonds is 7. The second kappa shape index (κ2) is 9.88. The van der Waals surface area contributed by atoms with Crippen LogP contribution in [0.1, 0.15) is 28.8 Å². The van der Waals surface area contributed by atoms with Gasteiger partial charge in [-0.15, -0.1) is 0 Å². The zero-order valence-electron chi connectivity index (χ0n) is 16.0. The smallest absolute Gasteiger partial charge is 0.343 e. The molecule has 0 saturated heterocycles. The van der Waals surface area contributed by atoms with E-state index in [1.54, 1.807) is 55.5 Å². The Bertz CT molecular complexity index is 903. The van der Waals surface area contributed by atoms with Gasteiger partial charge < -0.3 is 26.3 Å². The fraction of sp³-hybridized carbons (Fsp3) is 0.200. The van der Waals surface area contributed by atoms with Crippen molar-refractivity contribution in [2.24, 2.45) is 16.5 Å². The Morgan fingerprint density at radius 2 is 1.66 bits per heavy atom. The van der Waals surface area contributed by atoms with Crippen molar-refractivity contribution in [1.82, 2.24) is 5.32 Å². The normalized spacial score (nSPS) is 11.1. The first kappa shape index (κ1) is 21.4. The predicted molar refractivity (Wildman–Crippen MR) is 107 cm³/mol. The molecule has 0 aromatic heterocycles. The molecule has 2 aromatic carbocycles. The minimum absolute atomic E-state index is 0.0767. The number of carbonyl (C=O) groups excluding carboxylic acids is 3. The zero-order chi connectivity index (χ0) is 21.4. The summed E-state index contributed by atoms with van der Waals surface area (Å²) in [6, 6.07) is 12.7. The number of hydrogen-bond acceptors (Lipinski definition) is 6. The van der Waals surface area contributed by atoms with Gasteiger partial charge in [0, 0.05) is 7.05 Å². The molecule has 0 spiro atoms. The van der Waals surface area contributed by atoms with Crippen LogP contribution in [0, 0.1) is 0 Å². The van der Waals surface area contributed by atoms with Crippen LogP contribution in [0.15, 0.2) is 53.5 Å². The van der Waals surface area contributed by atoms with Crippen LogP contribution in [0.25, 0.3) is 0 Å². The molecule has 0 unspecified atom stereocenters. The number of nitrogens with two attached hydrogens (primary N) is 2. The number of carbonyl (C=O) groups is 3. The van der Waals surface area contributed by atoms with E-state index in [4.69, 9.17) is 20.9 Å². The molecule has 0 aliphatic rings. The quantitative estimate of drug-likeness (QED) is 0.275. The Balaban J connectivity index is 1.97. The van der Waals surface area contributed by atoms with Gasteiger partial charge in [-0.3, -0.25) is 9.59 Å². The van der Waals surface area contributed by atoms with Gasteiger partial charge in [-0.1, -0.05) is 12.1 Å². The number of nitrogens with zero attached hydrogens (tertiary/aromatic N) is 1. The van der Waals surface area contributed by atoms with Crippen LogP contribution in [0.4, 0.5) is 5.69 Å². The van der Waals surface area contributed by atoms with Crippen molar-refractivity contribution in [3.8, 4) is 5.75 Å². The van der Waals surface area contributed by atoms with Crippen molar-refractivity contribution in [2.45, 2.75) is 12.8 Å². The number of nitrogens with one attached hydrogen (secondary N) is 1. The van der Waals surface area contributed by atoms with E-state index in [1.165, 1.54) is 7.05 Å². The van der Waals surface area contributed by atoms with Crippen LogP contribution < -0.4 is 21.5 Å². The first-order valence-corrected chi connectivity index (χ1v) is 8.69. The Morgan fingerprint density at radius 3 is 2.21 bits per heavy atom. The van der Waals surface area contributed by atoms with E-state index in [0.29, 0.717) is 22.6 Å². The van der Waals surface area contributed by atoms with Crippen molar-refractivity contribution in [3.05, 3.63) is 59.7 Å². The van der Waals surface area contributed by atoms with Gasteiger partial charge in [-0.2, -0.15) is 0 Å². The zero-order valence-corrected chi connectivity index (χ0v) is 16.0. The van der Waals surface area contributed by atoms with Crippen LogP contribution in [-0.2, 0) is 14.3 Å². The Kier molecular flexibility index (Phi) is 7.30. The molecule has 0 aliphatic carbocycles. The molecule has 29 heavy (non-hydrogen) atoms. The lowest BCUT2D eigenvalue weighted by atomic mass is 10.0. The summed E-state index contributed by atoms with van der Waals surface area (Å²) in [4.78, 5) is 39.2. The molecule has 9 nitrogen and oxygen atoms in total. The van der Waals surface area contributed by atoms with Gasteiger partial charge in [0.15, 0.2) is 12.6 Å². The maximum Gasteiger partial charge on any atom is 0.343 e. The maximum atomic E-state index is 12.2. The molecule has 5 N–H and O–H groups in total. The second-order valence-corrected chi connectivity index (χ2v) is 6.04. The van der Waals surface area contributed by atoms with Crippen LogP contribution in [0.2, 0.25) is 0 Å². The number of aliphatic imine (C=N–C) groups is 1. The molecule has 152 valence electrons. The number of amides is 1. The fourth-order valence-corrected chi connectivity index (χ4v) is 2.28. The maximum absolute atomic E-state index is 12.2. The van der Waals surface area contributed by atoms with Gasteiger partial charge >= 0.3 is 11.9 Å². The predicted octanol–water partition coefficient (Wildman–Crippen LogP) is 1.20. The molecular weight excluding hydrogens is 376 g/mol. The number of guanidine groups is 1. The largest absolute Gasteiger partial charge is 0.455 e. The third kappa shape index (κ3) is 6.35. The average Bonchev–Trinajstić information content (AvgIpc) is 2.71. The molecule has 9 heteroatoms. The van der Waals surface area contributed by atoms with Gasteiger partial charge in [0.1, 0.15) is 5.75 Å². The molecule has 0 radical (unpaired) electrons. The summed E-state index contributed by atoms with van der Waals surface area (Å²) in [6.45, 7) is 1.32. The van der Waals surface area contributed by atoms with E-state index in [0.717, 1.165) is 0 Å². The second-order valence-electron chi connectivity index (χ2n) is 6.04. The van der Waals surface area contributed by atoms with E-state index < -0.39 is 17.9 Å². The molecule has 1 atom stereocenters. The monoisotopic (exact) mass is 398 g/mol. The van der Waals surface area contributed by atoms with Crippen molar-refractivity contribution in [3.63, 3.8) is 0 Å². The average molecular weight is 398 g/mol. The van der Waals surface area contributed by atoms with E-state index in [2.05, 4.69) is 10.3 Å². The summed E-state index contributed by atoms with van der Waals surface area (Å²) in [5.74, 6) is -1.80. The Labute approximate surface area is 167 Å². The molecule has 2 rings (SSSR count). The third-order valence-corrected chi connectivity index (χ3v) is 3.93. The summed E-state index contributed by atoms with van der Waals surface area (Å²) in [5.41, 5.74) is 12.1. The Morgan fingerprint density at radius 1 is 1.03 bits per heavy atom. The number of benzene rings is 2. The third-order valence-electron chi connectivity index (χ3n) is 3.93. The van der Waals surface area contributed by atoms with E-state index >= 15 is 0 Å². The Hall–Kier alpha value is -3.88. The van der Waals surface area contributed by atoms with Gasteiger partial charge in [0.25, 0.3) is 5.91 Å². The van der Waals surface area contributed by atoms with Gasteiger partial charge in [-0.05, 0) is 48.9 Å². The number of esters is 2. The lowest BCUT2D eigenvalue weighted by Gasteiger charge is -2.12. The molecule has 0 heterocycles. The highest BCUT2D eigenvalue weighted by Gasteiger charge is 2.18. The minimum atomic E-state index is -0.576. The first-order chi connectivity index (χ1) is 13.8. The highest BCUT2D eigenvalue weighted by Crippen LogP contribution is 2.21.